The average Bonchev–Trinajstić information content (AvgIpc) is 3.19. The van der Waals surface area contributed by atoms with Gasteiger partial charge in [-0.05, 0) is 119 Å². The second-order valence-electron chi connectivity index (χ2n) is 17.2. The normalized spacial score (nSPS) is 14.5. The molecule has 0 amide bonds. The number of benzene rings is 3. The fourth-order valence-corrected chi connectivity index (χ4v) is 11.1. The Bertz CT molecular complexity index is 1520. The van der Waals surface area contributed by atoms with E-state index >= 15 is 0 Å². The van der Waals surface area contributed by atoms with Gasteiger partial charge in [-0.3, -0.25) is 0 Å². The average molecular weight is 753 g/mol. The van der Waals surface area contributed by atoms with Gasteiger partial charge in [0, 0.05) is 10.8 Å². The van der Waals surface area contributed by atoms with Gasteiger partial charge in [0.15, 0.2) is 0 Å². The van der Waals surface area contributed by atoms with Crippen LogP contribution in [-0.2, 0) is 19.3 Å². The Hall–Kier alpha value is -1.73. The molecule has 0 radical (unpaired) electrons. The van der Waals surface area contributed by atoms with Gasteiger partial charge < -0.3 is 0 Å². The van der Waals surface area contributed by atoms with E-state index in [0.29, 0.717) is 5.92 Å². The molecule has 0 bridgehead atoms. The van der Waals surface area contributed by atoms with Crippen LogP contribution in [0.25, 0.3) is 21.5 Å². The van der Waals surface area contributed by atoms with Crippen molar-refractivity contribution in [3.05, 3.63) is 63.1 Å². The predicted octanol–water partition coefficient (Wildman–Crippen LogP) is 18.7. The third-order valence-electron chi connectivity index (χ3n) is 12.7. The van der Waals surface area contributed by atoms with Gasteiger partial charge in [-0.25, -0.2) is 0 Å². The molecule has 0 aromatic heterocycles. The van der Waals surface area contributed by atoms with Crippen molar-refractivity contribution in [1.29, 1.82) is 0 Å². The van der Waals surface area contributed by atoms with Crippen molar-refractivity contribution < 1.29 is 0 Å². The van der Waals surface area contributed by atoms with Gasteiger partial charge in [-0.2, -0.15) is 0 Å². The molecule has 0 saturated carbocycles. The van der Waals surface area contributed by atoms with Crippen molar-refractivity contribution in [3.8, 4) is 0 Å². The monoisotopic (exact) mass is 753 g/mol. The maximum absolute atomic E-state index is 2.78. The molecule has 3 aromatic rings. The number of thioether (sulfide) groups is 1. The minimum atomic E-state index is 0.575. The highest BCUT2D eigenvalue weighted by Crippen LogP contribution is 2.56. The molecule has 1 atom stereocenters. The summed E-state index contributed by atoms with van der Waals surface area (Å²) in [5, 5.41) is 6.41. The van der Waals surface area contributed by atoms with E-state index in [0.717, 1.165) is 0 Å². The molecule has 0 aliphatic carbocycles. The van der Waals surface area contributed by atoms with Gasteiger partial charge in [0.2, 0.25) is 0 Å². The van der Waals surface area contributed by atoms with E-state index in [-0.39, 0.29) is 0 Å². The van der Waals surface area contributed by atoms with E-state index in [1.807, 2.05) is 5.57 Å². The molecule has 1 heteroatoms. The maximum Gasteiger partial charge on any atom is 0.0242 e. The van der Waals surface area contributed by atoms with Crippen molar-refractivity contribution >= 4 is 33.3 Å². The second-order valence-corrected chi connectivity index (χ2v) is 18.3. The number of hydrogen-bond donors (Lipinski definition) is 0. The molecule has 302 valence electrons. The van der Waals surface area contributed by atoms with Crippen LogP contribution in [0.15, 0.2) is 45.7 Å². The molecular weight excluding hydrogens is 669 g/mol. The van der Waals surface area contributed by atoms with Crippen molar-refractivity contribution in [2.45, 2.75) is 245 Å². The first kappa shape index (κ1) is 45.0. The van der Waals surface area contributed by atoms with Gasteiger partial charge in [0.25, 0.3) is 0 Å². The molecule has 54 heavy (non-hydrogen) atoms. The van der Waals surface area contributed by atoms with Crippen LogP contribution in [0.5, 0.6) is 0 Å². The molecule has 1 unspecified atom stereocenters. The molecule has 1 aliphatic heterocycles. The van der Waals surface area contributed by atoms with E-state index in [4.69, 9.17) is 0 Å². The molecule has 1 aliphatic rings. The zero-order valence-electron chi connectivity index (χ0n) is 36.6. The van der Waals surface area contributed by atoms with Crippen LogP contribution in [0.1, 0.15) is 243 Å². The maximum atomic E-state index is 2.78. The highest BCUT2D eigenvalue weighted by molar-refractivity contribution is 8.03. The Kier molecular flexibility index (Phi) is 21.9. The van der Waals surface area contributed by atoms with Crippen LogP contribution in [-0.4, -0.2) is 0 Å². The summed E-state index contributed by atoms with van der Waals surface area (Å²) >= 11 is 2.25. The number of rotatable bonds is 30. The highest BCUT2D eigenvalue weighted by atomic mass is 32.2. The van der Waals surface area contributed by atoms with E-state index in [1.54, 1.807) is 48.2 Å². The zero-order valence-corrected chi connectivity index (χ0v) is 37.4. The number of fused-ring (bicyclic) bond motifs is 6. The van der Waals surface area contributed by atoms with Gasteiger partial charge in [-0.1, -0.05) is 211 Å². The zero-order chi connectivity index (χ0) is 38.4. The summed E-state index contributed by atoms with van der Waals surface area (Å²) < 4.78 is 0. The van der Waals surface area contributed by atoms with E-state index in [1.165, 1.54) is 198 Å². The lowest BCUT2D eigenvalue weighted by atomic mass is 9.76. The van der Waals surface area contributed by atoms with Crippen molar-refractivity contribution in [2.24, 2.45) is 0 Å². The molecular formula is C53H84S. The molecule has 0 N–H and O–H groups in total. The van der Waals surface area contributed by atoms with Gasteiger partial charge in [-0.15, -0.1) is 0 Å². The van der Waals surface area contributed by atoms with E-state index in [2.05, 4.69) is 83.6 Å². The second kappa shape index (κ2) is 26.2. The summed E-state index contributed by atoms with van der Waals surface area (Å²) in [7, 11) is 0. The molecule has 1 heterocycles. The lowest BCUT2D eigenvalue weighted by molar-refractivity contribution is 0.560. The van der Waals surface area contributed by atoms with Crippen LogP contribution in [0, 0.1) is 0 Å². The quantitative estimate of drug-likeness (QED) is 0.0483. The van der Waals surface area contributed by atoms with Gasteiger partial charge in [0.1, 0.15) is 0 Å². The van der Waals surface area contributed by atoms with Crippen molar-refractivity contribution in [1.82, 2.24) is 0 Å². The first-order valence-electron chi connectivity index (χ1n) is 24.1. The topological polar surface area (TPSA) is 0 Å². The Morgan fingerprint density at radius 2 is 0.926 bits per heavy atom. The minimum absolute atomic E-state index is 0.575. The lowest BCUT2D eigenvalue weighted by Crippen LogP contribution is -2.15. The summed E-state index contributed by atoms with van der Waals surface area (Å²) in [6.07, 6.45) is 40.2. The smallest absolute Gasteiger partial charge is 0.0242 e. The Labute approximate surface area is 339 Å². The van der Waals surface area contributed by atoms with Crippen molar-refractivity contribution in [3.63, 3.8) is 0 Å². The Morgan fingerprint density at radius 1 is 0.444 bits per heavy atom. The van der Waals surface area contributed by atoms with Gasteiger partial charge in [0.05, 0.1) is 0 Å². The minimum Gasteiger partial charge on any atom is -0.0936 e. The molecule has 3 aromatic carbocycles. The molecule has 0 saturated heterocycles. The summed E-state index contributed by atoms with van der Waals surface area (Å²) in [5.41, 5.74) is 8.95. The van der Waals surface area contributed by atoms with Crippen LogP contribution < -0.4 is 0 Å². The predicted molar refractivity (Wildman–Crippen MR) is 247 cm³/mol. The fraction of sp³-hybridized carbons (Fsp3) is 0.698. The molecule has 4 rings (SSSR count). The Morgan fingerprint density at radius 3 is 1.50 bits per heavy atom. The molecule has 0 fully saturated rings. The molecule has 0 nitrogen and oxygen atoms in total. The van der Waals surface area contributed by atoms with Gasteiger partial charge >= 0.3 is 0 Å². The van der Waals surface area contributed by atoms with E-state index in [9.17, 15) is 0 Å². The summed E-state index contributed by atoms with van der Waals surface area (Å²) in [5.74, 6) is 0.575. The number of allylic oxidation sites excluding steroid dienone is 2. The first-order chi connectivity index (χ1) is 26.6. The van der Waals surface area contributed by atoms with Crippen LogP contribution in [0.4, 0.5) is 0 Å². The number of hydrogen-bond acceptors (Lipinski definition) is 1. The summed E-state index contributed by atoms with van der Waals surface area (Å²) in [6, 6.07) is 12.5. The SMILES string of the molecule is CCCCCCC1=C(CCCCCC)C(CCCCCC)c2c(c3ccccc3c3cc(CCCCCC)c(CCCCCC)c(CCCCCC)c23)S1. The summed E-state index contributed by atoms with van der Waals surface area (Å²) in [6.45, 7) is 14.2. The number of aryl methyl sites for hydroxylation is 2. The molecule has 0 spiro atoms. The third kappa shape index (κ3) is 12.9. The largest absolute Gasteiger partial charge is 0.0936 e. The standard InChI is InChI=1S/C53H84S/c1-7-13-19-25-33-42-41-49-44-35-31-32-39-48(44)53-52(51(49)46(37-28-22-16-10-4)43(42)34-26-20-14-8-2)47(38-29-23-17-11-5)45(36-27-21-15-9-3)50(54-53)40-30-24-18-12-6/h31-32,35,39,41,47H,7-30,33-34,36-38,40H2,1-6H3. The van der Waals surface area contributed by atoms with E-state index < -0.39 is 0 Å². The highest BCUT2D eigenvalue weighted by Gasteiger charge is 2.33. The van der Waals surface area contributed by atoms with Crippen LogP contribution in [0.3, 0.4) is 0 Å². The third-order valence-corrected chi connectivity index (χ3v) is 14.1. The fourth-order valence-electron chi connectivity index (χ4n) is 9.62. The Balaban J connectivity index is 2.03. The lowest BCUT2D eigenvalue weighted by Gasteiger charge is -2.35. The first-order valence-corrected chi connectivity index (χ1v) is 24.9. The number of unbranched alkanes of at least 4 members (excludes halogenated alkanes) is 18. The summed E-state index contributed by atoms with van der Waals surface area (Å²) in [4.78, 5) is 3.43. The van der Waals surface area contributed by atoms with Crippen LogP contribution >= 0.6 is 11.8 Å². The van der Waals surface area contributed by atoms with Crippen LogP contribution in [0.2, 0.25) is 0 Å². The van der Waals surface area contributed by atoms with Crippen molar-refractivity contribution in [2.75, 3.05) is 0 Å².